The summed E-state index contributed by atoms with van der Waals surface area (Å²) in [7, 11) is -1.04. The number of rotatable bonds is 12. The van der Waals surface area contributed by atoms with Crippen molar-refractivity contribution in [3.8, 4) is 11.5 Å². The van der Waals surface area contributed by atoms with E-state index in [0.717, 1.165) is 19.4 Å². The predicted molar refractivity (Wildman–Crippen MR) is 172 cm³/mol. The highest BCUT2D eigenvalue weighted by Gasteiger charge is 2.23. The van der Waals surface area contributed by atoms with Crippen LogP contribution in [0.4, 0.5) is 23.0 Å². The van der Waals surface area contributed by atoms with Crippen LogP contribution < -0.4 is 24.8 Å². The summed E-state index contributed by atoms with van der Waals surface area (Å²) in [5.41, 5.74) is 2.04. The minimum Gasteiger partial charge on any atom is -0.497 e. The van der Waals surface area contributed by atoms with E-state index >= 15 is 0 Å². The Hall–Kier alpha value is -4.42. The lowest BCUT2D eigenvalue weighted by molar-refractivity contribution is -0.118. The molecule has 1 aromatic heterocycles. The van der Waals surface area contributed by atoms with E-state index in [-0.39, 0.29) is 29.0 Å². The molecule has 11 nitrogen and oxygen atoms in total. The summed E-state index contributed by atoms with van der Waals surface area (Å²) in [6.07, 6.45) is 5.80. The zero-order valence-corrected chi connectivity index (χ0v) is 26.0. The second-order valence-electron chi connectivity index (χ2n) is 10.7. The highest BCUT2D eigenvalue weighted by Crippen LogP contribution is 2.32. The molecule has 3 N–H and O–H groups in total. The number of carbonyl (C=O) groups is 1. The van der Waals surface area contributed by atoms with Gasteiger partial charge in [-0.25, -0.2) is 18.4 Å². The van der Waals surface area contributed by atoms with E-state index < -0.39 is 10.0 Å². The van der Waals surface area contributed by atoms with Crippen LogP contribution in [0.5, 0.6) is 11.5 Å². The van der Waals surface area contributed by atoms with Crippen LogP contribution in [0.15, 0.2) is 71.6 Å². The Labute approximate surface area is 258 Å². The van der Waals surface area contributed by atoms with Crippen molar-refractivity contribution in [3.05, 3.63) is 66.7 Å². The number of ether oxygens (including phenoxy) is 2. The number of sulfonamides is 1. The molecule has 1 aliphatic rings. The molecule has 44 heavy (non-hydrogen) atoms. The summed E-state index contributed by atoms with van der Waals surface area (Å²) in [4.78, 5) is 24.3. The standard InChI is InChI=1S/C32H38N6O5S/c1-4-38(24-12-6-5-7-13-24)21-30(39)33-22-11-10-14-27(19-22)44(40,41)37-32-31(35-28-15-8-9-16-29(28)36-32)34-23-17-25(42-2)20-26(18-23)43-3/h8-11,14-20,24H,4-7,12-13,21H2,1-3H3,(H,33,39)(H,34,35)(H,36,37). The average Bonchev–Trinajstić information content (AvgIpc) is 3.04. The maximum atomic E-state index is 13.6. The van der Waals surface area contributed by atoms with Crippen LogP contribution in [0.2, 0.25) is 0 Å². The summed E-state index contributed by atoms with van der Waals surface area (Å²) in [6, 6.07) is 18.9. The Bertz CT molecular complexity index is 1700. The van der Waals surface area contributed by atoms with Gasteiger partial charge < -0.3 is 20.1 Å². The van der Waals surface area contributed by atoms with Crippen molar-refractivity contribution in [2.24, 2.45) is 0 Å². The Kier molecular flexibility index (Phi) is 9.81. The van der Waals surface area contributed by atoms with E-state index in [4.69, 9.17) is 9.47 Å². The van der Waals surface area contributed by atoms with Gasteiger partial charge in [0.1, 0.15) is 11.5 Å². The van der Waals surface area contributed by atoms with Crippen LogP contribution in [0.3, 0.4) is 0 Å². The van der Waals surface area contributed by atoms with Gasteiger partial charge >= 0.3 is 0 Å². The molecule has 0 aliphatic heterocycles. The topological polar surface area (TPSA) is 135 Å². The van der Waals surface area contributed by atoms with E-state index in [9.17, 15) is 13.2 Å². The van der Waals surface area contributed by atoms with Gasteiger partial charge in [-0.05, 0) is 49.7 Å². The van der Waals surface area contributed by atoms with Gasteiger partial charge in [0.05, 0.1) is 36.7 Å². The number of para-hydroxylation sites is 2. The Balaban J connectivity index is 1.38. The molecule has 1 aliphatic carbocycles. The van der Waals surface area contributed by atoms with Gasteiger partial charge in [0, 0.05) is 35.6 Å². The van der Waals surface area contributed by atoms with Gasteiger partial charge in [0.25, 0.3) is 10.0 Å². The average molecular weight is 619 g/mol. The van der Waals surface area contributed by atoms with Crippen molar-refractivity contribution in [3.63, 3.8) is 0 Å². The van der Waals surface area contributed by atoms with Gasteiger partial charge in [0.15, 0.2) is 11.6 Å². The Morgan fingerprint density at radius 1 is 0.864 bits per heavy atom. The second-order valence-corrected chi connectivity index (χ2v) is 12.4. The predicted octanol–water partition coefficient (Wildman–Crippen LogP) is 5.78. The molecule has 0 unspecified atom stereocenters. The van der Waals surface area contributed by atoms with E-state index in [2.05, 4.69) is 37.1 Å². The highest BCUT2D eigenvalue weighted by atomic mass is 32.2. The van der Waals surface area contributed by atoms with Gasteiger partial charge in [-0.1, -0.05) is 44.4 Å². The van der Waals surface area contributed by atoms with Gasteiger partial charge in [0.2, 0.25) is 5.91 Å². The third-order valence-electron chi connectivity index (χ3n) is 7.69. The van der Waals surface area contributed by atoms with Crippen LogP contribution >= 0.6 is 0 Å². The number of methoxy groups -OCH3 is 2. The first-order chi connectivity index (χ1) is 21.3. The van der Waals surface area contributed by atoms with Crippen LogP contribution in [0.25, 0.3) is 11.0 Å². The number of carbonyl (C=O) groups excluding carboxylic acids is 1. The molecule has 0 bridgehead atoms. The minimum atomic E-state index is -4.13. The molecule has 1 fully saturated rings. The van der Waals surface area contributed by atoms with Gasteiger partial charge in [-0.2, -0.15) is 0 Å². The number of fused-ring (bicyclic) bond motifs is 1. The number of amides is 1. The second kappa shape index (κ2) is 13.9. The summed E-state index contributed by atoms with van der Waals surface area (Å²) < 4.78 is 40.6. The number of likely N-dealkylation sites (N-methyl/N-ethyl adjacent to an activating group) is 1. The summed E-state index contributed by atoms with van der Waals surface area (Å²) in [5, 5.41) is 6.03. The molecular formula is C32H38N6O5S. The van der Waals surface area contributed by atoms with Crippen molar-refractivity contribution < 1.29 is 22.7 Å². The number of anilines is 4. The van der Waals surface area contributed by atoms with Crippen LogP contribution in [-0.4, -0.2) is 62.5 Å². The molecule has 1 heterocycles. The molecule has 0 radical (unpaired) electrons. The third-order valence-corrected chi connectivity index (χ3v) is 9.02. The number of nitrogens with one attached hydrogen (secondary N) is 3. The first-order valence-electron chi connectivity index (χ1n) is 14.7. The Morgan fingerprint density at radius 3 is 2.16 bits per heavy atom. The minimum absolute atomic E-state index is 0.00555. The fraction of sp³-hybridized carbons (Fsp3) is 0.344. The number of hydrogen-bond donors (Lipinski definition) is 3. The first kappa shape index (κ1) is 31.0. The maximum absolute atomic E-state index is 13.6. The molecule has 1 amide bonds. The lowest BCUT2D eigenvalue weighted by atomic mass is 9.94. The quantitative estimate of drug-likeness (QED) is 0.180. The van der Waals surface area contributed by atoms with Crippen LogP contribution in [-0.2, 0) is 14.8 Å². The molecule has 5 rings (SSSR count). The van der Waals surface area contributed by atoms with Crippen molar-refractivity contribution >= 4 is 50.0 Å². The largest absolute Gasteiger partial charge is 0.497 e. The summed E-state index contributed by atoms with van der Waals surface area (Å²) in [5.74, 6) is 1.10. The molecular weight excluding hydrogens is 580 g/mol. The van der Waals surface area contributed by atoms with E-state index in [1.807, 2.05) is 6.07 Å². The third kappa shape index (κ3) is 7.56. The van der Waals surface area contributed by atoms with Crippen molar-refractivity contribution in [1.29, 1.82) is 0 Å². The van der Waals surface area contributed by atoms with Gasteiger partial charge in [-0.15, -0.1) is 0 Å². The number of benzene rings is 3. The molecule has 12 heteroatoms. The Morgan fingerprint density at radius 2 is 1.52 bits per heavy atom. The van der Waals surface area contributed by atoms with Crippen molar-refractivity contribution in [1.82, 2.24) is 14.9 Å². The maximum Gasteiger partial charge on any atom is 0.263 e. The van der Waals surface area contributed by atoms with Crippen molar-refractivity contribution in [2.45, 2.75) is 50.0 Å². The fourth-order valence-electron chi connectivity index (χ4n) is 5.43. The van der Waals surface area contributed by atoms with Crippen LogP contribution in [0.1, 0.15) is 39.0 Å². The lowest BCUT2D eigenvalue weighted by Gasteiger charge is -2.32. The normalized spacial score (nSPS) is 13.9. The van der Waals surface area contributed by atoms with E-state index in [0.29, 0.717) is 39.9 Å². The summed E-state index contributed by atoms with van der Waals surface area (Å²) >= 11 is 0. The zero-order chi connectivity index (χ0) is 31.1. The first-order valence-corrected chi connectivity index (χ1v) is 16.2. The highest BCUT2D eigenvalue weighted by molar-refractivity contribution is 7.92. The molecule has 232 valence electrons. The smallest absolute Gasteiger partial charge is 0.263 e. The molecule has 0 spiro atoms. The zero-order valence-electron chi connectivity index (χ0n) is 25.2. The molecule has 0 saturated heterocycles. The fourth-order valence-corrected chi connectivity index (χ4v) is 6.49. The molecule has 3 aromatic carbocycles. The number of nitrogens with zero attached hydrogens (tertiary/aromatic N) is 3. The monoisotopic (exact) mass is 618 g/mol. The number of aromatic nitrogens is 2. The van der Waals surface area contributed by atoms with Crippen molar-refractivity contribution in [2.75, 3.05) is 42.7 Å². The summed E-state index contributed by atoms with van der Waals surface area (Å²) in [6.45, 7) is 3.10. The molecule has 0 atom stereocenters. The number of hydrogen-bond acceptors (Lipinski definition) is 9. The van der Waals surface area contributed by atoms with Gasteiger partial charge in [-0.3, -0.25) is 14.4 Å². The SMILES string of the molecule is CCN(CC(=O)Nc1cccc(S(=O)(=O)Nc2nc3ccccc3nc2Nc2cc(OC)cc(OC)c2)c1)C1CCCCC1. The molecule has 1 saturated carbocycles. The molecule has 4 aromatic rings. The lowest BCUT2D eigenvalue weighted by Crippen LogP contribution is -2.41. The van der Waals surface area contributed by atoms with E-state index in [1.54, 1.807) is 62.8 Å². The van der Waals surface area contributed by atoms with Crippen LogP contribution in [0, 0.1) is 0 Å². The van der Waals surface area contributed by atoms with E-state index in [1.165, 1.54) is 31.4 Å².